The number of carboxylic acids is 2. The van der Waals surface area contributed by atoms with E-state index in [1.54, 1.807) is 13.8 Å². The molecule has 0 aliphatic heterocycles. The zero-order chi connectivity index (χ0) is 25.1. The van der Waals surface area contributed by atoms with Crippen molar-refractivity contribution >= 4 is 42.3 Å². The summed E-state index contributed by atoms with van der Waals surface area (Å²) in [6, 6.07) is -4.74. The summed E-state index contributed by atoms with van der Waals surface area (Å²) in [5.41, 5.74) is 6.47. The van der Waals surface area contributed by atoms with Crippen LogP contribution < -0.4 is 21.7 Å². The quantitative estimate of drug-likeness (QED) is 0.140. The number of nitrogens with one attached hydrogen (secondary N) is 4. The standard InChI is InChI=1S/C19H30N6O7S/c1-9(2)15(19(31)32)25-17(29)12(3-4-14(26)27)23-18(30)13(7-33)24-16(28)11(20)5-10-6-21-8-22-10/h6,8-9,11-13,15,33H,3-5,7,20H2,1-2H3,(H,21,22)(H,23,30)(H,24,28)(H,25,29)(H,26,27)(H,31,32). The largest absolute Gasteiger partial charge is 0.481 e. The Morgan fingerprint density at radius 3 is 2.15 bits per heavy atom. The van der Waals surface area contributed by atoms with E-state index in [1.807, 2.05) is 0 Å². The summed E-state index contributed by atoms with van der Waals surface area (Å²) < 4.78 is 0. The highest BCUT2D eigenvalue weighted by molar-refractivity contribution is 7.80. The van der Waals surface area contributed by atoms with Crippen LogP contribution in [0.15, 0.2) is 12.5 Å². The second-order valence-corrected chi connectivity index (χ2v) is 8.06. The molecule has 1 heterocycles. The first-order valence-electron chi connectivity index (χ1n) is 10.2. The molecular formula is C19H30N6O7S. The molecule has 0 fully saturated rings. The molecule has 0 spiro atoms. The Hall–Kier alpha value is -3.13. The van der Waals surface area contributed by atoms with Gasteiger partial charge < -0.3 is 36.9 Å². The molecule has 184 valence electrons. The maximum atomic E-state index is 12.7. The van der Waals surface area contributed by atoms with Crippen molar-refractivity contribution in [3.05, 3.63) is 18.2 Å². The summed E-state index contributed by atoms with van der Waals surface area (Å²) in [6.07, 6.45) is 2.33. The normalized spacial score (nSPS) is 14.6. The summed E-state index contributed by atoms with van der Waals surface area (Å²) in [7, 11) is 0. The highest BCUT2D eigenvalue weighted by atomic mass is 32.1. The van der Waals surface area contributed by atoms with Gasteiger partial charge in [0, 0.05) is 30.5 Å². The molecule has 1 aromatic heterocycles. The molecule has 13 nitrogen and oxygen atoms in total. The number of carbonyl (C=O) groups is 5. The fourth-order valence-electron chi connectivity index (χ4n) is 2.78. The van der Waals surface area contributed by atoms with Crippen molar-refractivity contribution < 1.29 is 34.2 Å². The molecule has 0 aliphatic carbocycles. The number of aliphatic carboxylic acids is 2. The van der Waals surface area contributed by atoms with Gasteiger partial charge in [0.15, 0.2) is 0 Å². The number of imidazole rings is 1. The smallest absolute Gasteiger partial charge is 0.326 e. The van der Waals surface area contributed by atoms with Crippen LogP contribution in [0.1, 0.15) is 32.4 Å². The number of carbonyl (C=O) groups excluding carboxylic acids is 3. The Labute approximate surface area is 195 Å². The van der Waals surface area contributed by atoms with Gasteiger partial charge in [0.05, 0.1) is 12.4 Å². The van der Waals surface area contributed by atoms with Crippen LogP contribution in [-0.4, -0.2) is 79.8 Å². The third-order valence-corrected chi connectivity index (χ3v) is 5.02. The van der Waals surface area contributed by atoms with Crippen molar-refractivity contribution in [2.24, 2.45) is 11.7 Å². The second-order valence-electron chi connectivity index (χ2n) is 7.69. The first-order valence-corrected chi connectivity index (χ1v) is 10.8. The van der Waals surface area contributed by atoms with Gasteiger partial charge in [-0.2, -0.15) is 12.6 Å². The van der Waals surface area contributed by atoms with Crippen molar-refractivity contribution in [1.29, 1.82) is 0 Å². The third kappa shape index (κ3) is 9.49. The molecular weight excluding hydrogens is 456 g/mol. The van der Waals surface area contributed by atoms with Crippen LogP contribution in [-0.2, 0) is 30.4 Å². The van der Waals surface area contributed by atoms with Crippen LogP contribution in [0.2, 0.25) is 0 Å². The molecule has 0 saturated carbocycles. The lowest BCUT2D eigenvalue weighted by Crippen LogP contribution is -2.58. The van der Waals surface area contributed by atoms with E-state index in [4.69, 9.17) is 10.8 Å². The van der Waals surface area contributed by atoms with E-state index >= 15 is 0 Å². The van der Waals surface area contributed by atoms with Crippen LogP contribution in [0.5, 0.6) is 0 Å². The minimum absolute atomic E-state index is 0.134. The van der Waals surface area contributed by atoms with E-state index in [-0.39, 0.29) is 18.6 Å². The van der Waals surface area contributed by atoms with E-state index < -0.39 is 66.2 Å². The predicted octanol–water partition coefficient (Wildman–Crippen LogP) is -1.73. The van der Waals surface area contributed by atoms with Crippen LogP contribution >= 0.6 is 12.6 Å². The van der Waals surface area contributed by atoms with Crippen molar-refractivity contribution in [1.82, 2.24) is 25.9 Å². The van der Waals surface area contributed by atoms with Gasteiger partial charge in [-0.15, -0.1) is 0 Å². The van der Waals surface area contributed by atoms with E-state index in [1.165, 1.54) is 12.5 Å². The highest BCUT2D eigenvalue weighted by Gasteiger charge is 2.31. The first kappa shape index (κ1) is 27.9. The Morgan fingerprint density at radius 2 is 1.67 bits per heavy atom. The Kier molecular flexibility index (Phi) is 11.4. The number of hydrogen-bond donors (Lipinski definition) is 8. The molecule has 1 aromatic rings. The third-order valence-electron chi connectivity index (χ3n) is 4.66. The fraction of sp³-hybridized carbons (Fsp3) is 0.579. The van der Waals surface area contributed by atoms with Crippen LogP contribution in [0.4, 0.5) is 0 Å². The number of hydrogen-bond acceptors (Lipinski definition) is 8. The van der Waals surface area contributed by atoms with Gasteiger partial charge in [0.2, 0.25) is 17.7 Å². The molecule has 0 saturated heterocycles. The number of amides is 3. The first-order chi connectivity index (χ1) is 15.5. The predicted molar refractivity (Wildman–Crippen MR) is 119 cm³/mol. The topological polar surface area (TPSA) is 217 Å². The lowest BCUT2D eigenvalue weighted by molar-refractivity contribution is -0.144. The van der Waals surface area contributed by atoms with Gasteiger partial charge >= 0.3 is 11.9 Å². The second kappa shape index (κ2) is 13.4. The van der Waals surface area contributed by atoms with Gasteiger partial charge in [-0.1, -0.05) is 13.8 Å². The van der Waals surface area contributed by atoms with Gasteiger partial charge in [-0.25, -0.2) is 9.78 Å². The van der Waals surface area contributed by atoms with Crippen molar-refractivity contribution in [2.45, 2.75) is 57.3 Å². The van der Waals surface area contributed by atoms with Crippen molar-refractivity contribution in [3.63, 3.8) is 0 Å². The molecule has 1 rings (SSSR count). The number of aromatic nitrogens is 2. The number of thiol groups is 1. The molecule has 0 aromatic carbocycles. The monoisotopic (exact) mass is 486 g/mol. The Bertz CT molecular complexity index is 833. The molecule has 4 atom stereocenters. The molecule has 3 amide bonds. The van der Waals surface area contributed by atoms with Gasteiger partial charge in [-0.05, 0) is 12.3 Å². The summed E-state index contributed by atoms with van der Waals surface area (Å²) in [6.45, 7) is 3.17. The lowest BCUT2D eigenvalue weighted by atomic mass is 10.0. The molecule has 0 bridgehead atoms. The van der Waals surface area contributed by atoms with Crippen LogP contribution in [0.3, 0.4) is 0 Å². The number of rotatable bonds is 14. The zero-order valence-corrected chi connectivity index (χ0v) is 19.2. The van der Waals surface area contributed by atoms with Gasteiger partial charge in [0.25, 0.3) is 0 Å². The molecule has 0 aliphatic rings. The molecule has 33 heavy (non-hydrogen) atoms. The summed E-state index contributed by atoms with van der Waals surface area (Å²) in [5, 5.41) is 25.3. The van der Waals surface area contributed by atoms with Crippen LogP contribution in [0.25, 0.3) is 0 Å². The van der Waals surface area contributed by atoms with Crippen molar-refractivity contribution in [2.75, 3.05) is 5.75 Å². The Balaban J connectivity index is 2.84. The average Bonchev–Trinajstić information content (AvgIpc) is 3.24. The number of carboxylic acid groups (broad SMARTS) is 2. The number of nitrogens with zero attached hydrogens (tertiary/aromatic N) is 1. The van der Waals surface area contributed by atoms with E-state index in [0.717, 1.165) is 0 Å². The van der Waals surface area contributed by atoms with Gasteiger partial charge in [0.1, 0.15) is 18.1 Å². The SMILES string of the molecule is CC(C)C(NC(=O)C(CCC(=O)O)NC(=O)C(CS)NC(=O)C(N)Cc1cnc[nH]1)C(=O)O. The van der Waals surface area contributed by atoms with E-state index in [9.17, 15) is 29.1 Å². The summed E-state index contributed by atoms with van der Waals surface area (Å²) in [5.74, 6) is -5.36. The molecule has 4 unspecified atom stereocenters. The summed E-state index contributed by atoms with van der Waals surface area (Å²) in [4.78, 5) is 66.6. The van der Waals surface area contributed by atoms with Crippen LogP contribution in [0, 0.1) is 5.92 Å². The maximum absolute atomic E-state index is 12.7. The average molecular weight is 487 g/mol. The minimum Gasteiger partial charge on any atom is -0.481 e. The highest BCUT2D eigenvalue weighted by Crippen LogP contribution is 2.06. The molecule has 14 heteroatoms. The van der Waals surface area contributed by atoms with E-state index in [2.05, 4.69) is 38.5 Å². The fourth-order valence-corrected chi connectivity index (χ4v) is 3.03. The number of nitrogens with two attached hydrogens (primary N) is 1. The summed E-state index contributed by atoms with van der Waals surface area (Å²) >= 11 is 4.05. The van der Waals surface area contributed by atoms with E-state index in [0.29, 0.717) is 5.69 Å². The Morgan fingerprint density at radius 1 is 1.06 bits per heavy atom. The number of aromatic amines is 1. The lowest BCUT2D eigenvalue weighted by Gasteiger charge is -2.25. The molecule has 0 radical (unpaired) electrons. The molecule has 8 N–H and O–H groups in total. The van der Waals surface area contributed by atoms with Crippen molar-refractivity contribution in [3.8, 4) is 0 Å². The minimum atomic E-state index is -1.34. The van der Waals surface area contributed by atoms with Gasteiger partial charge in [-0.3, -0.25) is 19.2 Å². The maximum Gasteiger partial charge on any atom is 0.326 e. The zero-order valence-electron chi connectivity index (χ0n) is 18.3. The number of H-pyrrole nitrogens is 1.